The molecule has 204 valence electrons. The highest BCUT2D eigenvalue weighted by Crippen LogP contribution is 2.30. The average Bonchev–Trinajstić information content (AvgIpc) is 2.92. The first kappa shape index (κ1) is 27.8. The number of fused-ring (bicyclic) bond motifs is 1. The molecule has 11 nitrogen and oxygen atoms in total. The molecule has 0 saturated heterocycles. The Hall–Kier alpha value is -4.26. The molecule has 0 aliphatic heterocycles. The Labute approximate surface area is 226 Å². The van der Waals surface area contributed by atoms with Gasteiger partial charge in [-0.05, 0) is 61.6 Å². The summed E-state index contributed by atoms with van der Waals surface area (Å²) in [4.78, 5) is 23.2. The number of rotatable bonds is 11. The second kappa shape index (κ2) is 12.1. The third-order valence-electron chi connectivity index (χ3n) is 5.83. The quantitative estimate of drug-likeness (QED) is 0.220. The first-order chi connectivity index (χ1) is 18.7. The summed E-state index contributed by atoms with van der Waals surface area (Å²) in [6.07, 6.45) is 0. The molecule has 0 unspecified atom stereocenters. The molecular formula is C27H30N6O5S. The number of likely N-dealkylation sites (N-methyl/N-ethyl adjacent to an activating group) is 1. The van der Waals surface area contributed by atoms with E-state index in [1.165, 1.54) is 19.2 Å². The fourth-order valence-electron chi connectivity index (χ4n) is 3.72. The predicted molar refractivity (Wildman–Crippen MR) is 151 cm³/mol. The molecule has 0 saturated carbocycles. The minimum atomic E-state index is -4.13. The molecular weight excluding hydrogens is 520 g/mol. The van der Waals surface area contributed by atoms with E-state index in [0.29, 0.717) is 40.3 Å². The molecule has 0 atom stereocenters. The molecule has 4 N–H and O–H groups in total. The third kappa shape index (κ3) is 6.99. The Morgan fingerprint density at radius 1 is 0.974 bits per heavy atom. The van der Waals surface area contributed by atoms with Gasteiger partial charge in [0.05, 0.1) is 36.2 Å². The molecule has 0 radical (unpaired) electrons. The van der Waals surface area contributed by atoms with Crippen molar-refractivity contribution in [1.29, 1.82) is 0 Å². The summed E-state index contributed by atoms with van der Waals surface area (Å²) in [6.45, 7) is 2.60. The number of carbonyl (C=O) groups excluding carboxylic acids is 1. The number of aromatic nitrogens is 2. The van der Waals surface area contributed by atoms with Crippen LogP contribution < -0.4 is 20.1 Å². The van der Waals surface area contributed by atoms with Gasteiger partial charge in [0.15, 0.2) is 11.6 Å². The number of nitrogens with zero attached hydrogens (tertiary/aromatic N) is 3. The number of sulfonamides is 1. The van der Waals surface area contributed by atoms with Crippen LogP contribution in [0.2, 0.25) is 0 Å². The van der Waals surface area contributed by atoms with Crippen LogP contribution in [-0.2, 0) is 21.4 Å². The Morgan fingerprint density at radius 2 is 1.69 bits per heavy atom. The van der Waals surface area contributed by atoms with E-state index < -0.39 is 10.0 Å². The molecule has 3 aromatic carbocycles. The van der Waals surface area contributed by atoms with E-state index in [-0.39, 0.29) is 35.6 Å². The molecule has 39 heavy (non-hydrogen) atoms. The molecule has 12 heteroatoms. The van der Waals surface area contributed by atoms with Crippen molar-refractivity contribution in [3.63, 3.8) is 0 Å². The van der Waals surface area contributed by atoms with Gasteiger partial charge in [0, 0.05) is 17.4 Å². The van der Waals surface area contributed by atoms with Crippen molar-refractivity contribution in [2.24, 2.45) is 0 Å². The highest BCUT2D eigenvalue weighted by Gasteiger charge is 2.20. The molecule has 1 heterocycles. The van der Waals surface area contributed by atoms with Gasteiger partial charge >= 0.3 is 0 Å². The zero-order valence-electron chi connectivity index (χ0n) is 21.8. The Morgan fingerprint density at radius 3 is 2.36 bits per heavy atom. The lowest BCUT2D eigenvalue weighted by Gasteiger charge is -2.16. The van der Waals surface area contributed by atoms with Crippen LogP contribution in [0.5, 0.6) is 5.75 Å². The number of hydrogen-bond acceptors (Lipinski definition) is 9. The minimum Gasteiger partial charge on any atom is -0.497 e. The lowest BCUT2D eigenvalue weighted by atomic mass is 10.2. The molecule has 0 spiro atoms. The number of methoxy groups -OCH3 is 1. The zero-order chi connectivity index (χ0) is 28.0. The van der Waals surface area contributed by atoms with Crippen LogP contribution in [0.1, 0.15) is 12.5 Å². The highest BCUT2D eigenvalue weighted by atomic mass is 32.2. The lowest BCUT2D eigenvalue weighted by Crippen LogP contribution is -2.30. The van der Waals surface area contributed by atoms with Crippen LogP contribution in [0.25, 0.3) is 11.0 Å². The molecule has 4 rings (SSSR count). The van der Waals surface area contributed by atoms with Crippen molar-refractivity contribution in [3.8, 4) is 5.75 Å². The predicted octanol–water partition coefficient (Wildman–Crippen LogP) is 3.57. The van der Waals surface area contributed by atoms with Crippen LogP contribution >= 0.6 is 0 Å². The van der Waals surface area contributed by atoms with E-state index >= 15 is 0 Å². The molecule has 0 bridgehead atoms. The number of carbonyl (C=O) groups is 1. The summed E-state index contributed by atoms with van der Waals surface area (Å²) in [7, 11) is -0.803. The minimum absolute atomic E-state index is 0.0268. The van der Waals surface area contributed by atoms with E-state index in [2.05, 4.69) is 25.3 Å². The normalized spacial score (nSPS) is 11.4. The molecule has 1 aromatic heterocycles. The second-order valence-corrected chi connectivity index (χ2v) is 10.5. The van der Waals surface area contributed by atoms with E-state index in [1.54, 1.807) is 54.6 Å². The number of ether oxygens (including phenoxy) is 1. The summed E-state index contributed by atoms with van der Waals surface area (Å²) in [5, 5.41) is 15.4. The smallest absolute Gasteiger partial charge is 0.263 e. The number of aliphatic hydroxyl groups is 1. The van der Waals surface area contributed by atoms with Crippen LogP contribution in [0, 0.1) is 0 Å². The first-order valence-corrected chi connectivity index (χ1v) is 13.6. The topological polar surface area (TPSA) is 146 Å². The monoisotopic (exact) mass is 550 g/mol. The van der Waals surface area contributed by atoms with Crippen LogP contribution in [0.4, 0.5) is 23.0 Å². The summed E-state index contributed by atoms with van der Waals surface area (Å²) >= 11 is 0. The largest absolute Gasteiger partial charge is 0.497 e. The summed E-state index contributed by atoms with van der Waals surface area (Å²) < 4.78 is 34.7. The van der Waals surface area contributed by atoms with Crippen LogP contribution in [0.15, 0.2) is 71.6 Å². The van der Waals surface area contributed by atoms with Crippen molar-refractivity contribution in [1.82, 2.24) is 14.9 Å². The van der Waals surface area contributed by atoms with Crippen molar-refractivity contribution in [3.05, 3.63) is 72.3 Å². The van der Waals surface area contributed by atoms with Gasteiger partial charge in [-0.3, -0.25) is 14.4 Å². The van der Waals surface area contributed by atoms with Gasteiger partial charge in [0.1, 0.15) is 5.75 Å². The number of nitrogens with one attached hydrogen (secondary N) is 3. The van der Waals surface area contributed by atoms with Gasteiger partial charge in [-0.1, -0.05) is 25.1 Å². The third-order valence-corrected chi connectivity index (χ3v) is 7.17. The second-order valence-electron chi connectivity index (χ2n) is 8.77. The number of anilines is 4. The molecule has 0 fully saturated rings. The standard InChI is InChI=1S/C27H30N6O5S/c1-4-33(2)16-25(35)28-19-8-7-9-22(15-19)39(36,37)32-27-26(30-23-10-5-6-11-24(23)31-27)29-20-12-18(17-34)13-21(14-20)38-3/h5-15,34H,4,16-17H2,1-3H3,(H,28,35)(H,29,30)(H,31,32). The van der Waals surface area contributed by atoms with Crippen molar-refractivity contribution < 1.29 is 23.1 Å². The molecule has 0 aliphatic rings. The van der Waals surface area contributed by atoms with E-state index in [4.69, 9.17) is 4.74 Å². The molecule has 0 aliphatic carbocycles. The Bertz CT molecular complexity index is 1570. The van der Waals surface area contributed by atoms with E-state index in [0.717, 1.165) is 0 Å². The van der Waals surface area contributed by atoms with Crippen molar-refractivity contribution in [2.75, 3.05) is 42.6 Å². The van der Waals surface area contributed by atoms with Gasteiger partial charge in [0.2, 0.25) is 5.91 Å². The van der Waals surface area contributed by atoms with Crippen molar-refractivity contribution in [2.45, 2.75) is 18.4 Å². The number of para-hydroxylation sites is 2. The van der Waals surface area contributed by atoms with Gasteiger partial charge in [-0.2, -0.15) is 0 Å². The van der Waals surface area contributed by atoms with Crippen LogP contribution in [0.3, 0.4) is 0 Å². The number of benzene rings is 3. The summed E-state index contributed by atoms with van der Waals surface area (Å²) in [5.74, 6) is 0.376. The number of amides is 1. The first-order valence-electron chi connectivity index (χ1n) is 12.1. The lowest BCUT2D eigenvalue weighted by molar-refractivity contribution is -0.117. The highest BCUT2D eigenvalue weighted by molar-refractivity contribution is 7.92. The van der Waals surface area contributed by atoms with Gasteiger partial charge in [-0.15, -0.1) is 0 Å². The summed E-state index contributed by atoms with van der Waals surface area (Å²) in [5.41, 5.74) is 2.50. The fraction of sp³-hybridized carbons (Fsp3) is 0.222. The summed E-state index contributed by atoms with van der Waals surface area (Å²) in [6, 6.07) is 18.1. The fourth-order valence-corrected chi connectivity index (χ4v) is 4.78. The Kier molecular flexibility index (Phi) is 8.59. The van der Waals surface area contributed by atoms with E-state index in [1.807, 2.05) is 18.9 Å². The molecule has 4 aromatic rings. The number of aliphatic hydroxyl groups excluding tert-OH is 1. The maximum Gasteiger partial charge on any atom is 0.263 e. The SMILES string of the molecule is CCN(C)CC(=O)Nc1cccc(S(=O)(=O)Nc2nc3ccccc3nc2Nc2cc(CO)cc(OC)c2)c1. The van der Waals surface area contributed by atoms with Crippen LogP contribution in [-0.4, -0.2) is 61.5 Å². The Balaban J connectivity index is 1.67. The maximum absolute atomic E-state index is 13.4. The number of hydrogen-bond donors (Lipinski definition) is 4. The molecule has 1 amide bonds. The van der Waals surface area contributed by atoms with Crippen molar-refractivity contribution >= 4 is 50.0 Å². The average molecular weight is 551 g/mol. The van der Waals surface area contributed by atoms with E-state index in [9.17, 15) is 18.3 Å². The van der Waals surface area contributed by atoms with Gasteiger partial charge in [-0.25, -0.2) is 18.4 Å². The van der Waals surface area contributed by atoms with Gasteiger partial charge < -0.3 is 20.5 Å². The maximum atomic E-state index is 13.4. The van der Waals surface area contributed by atoms with Gasteiger partial charge in [0.25, 0.3) is 10.0 Å². The zero-order valence-corrected chi connectivity index (χ0v) is 22.6.